The lowest BCUT2D eigenvalue weighted by molar-refractivity contribution is -0.128. The number of amides is 2. The van der Waals surface area contributed by atoms with E-state index in [2.05, 4.69) is 26.2 Å². The first-order valence-corrected chi connectivity index (χ1v) is 13.8. The summed E-state index contributed by atoms with van der Waals surface area (Å²) in [5, 5.41) is 0. The molecule has 2 amide bonds. The Hall–Kier alpha value is -2.76. The summed E-state index contributed by atoms with van der Waals surface area (Å²) in [5.74, 6) is -1.74. The number of likely N-dealkylation sites (tertiary alicyclic amines) is 1. The molecule has 0 radical (unpaired) electrons. The number of hydrazine groups is 1. The molecule has 0 saturated carbocycles. The monoisotopic (exact) mass is 505 g/mol. The Morgan fingerprint density at radius 2 is 1.47 bits per heavy atom. The lowest BCUT2D eigenvalue weighted by Crippen LogP contribution is -2.51. The van der Waals surface area contributed by atoms with Crippen molar-refractivity contribution >= 4 is 31.9 Å². The Kier molecular flexibility index (Phi) is 6.07. The second kappa shape index (κ2) is 8.47. The number of hydrogen-bond donors (Lipinski definition) is 1. The Balaban J connectivity index is 1.49. The molecule has 2 aliphatic heterocycles. The number of carbonyl (C=O) groups is 2. The normalized spacial score (nSPS) is 21.6. The average Bonchev–Trinajstić information content (AvgIpc) is 2.95. The van der Waals surface area contributed by atoms with E-state index in [-0.39, 0.29) is 31.5 Å². The van der Waals surface area contributed by atoms with Gasteiger partial charge >= 0.3 is 0 Å². The van der Waals surface area contributed by atoms with Crippen LogP contribution in [0.15, 0.2) is 58.3 Å². The highest BCUT2D eigenvalue weighted by molar-refractivity contribution is 8.06. The van der Waals surface area contributed by atoms with Crippen LogP contribution in [0.4, 0.5) is 0 Å². The van der Waals surface area contributed by atoms with Crippen LogP contribution in [0.3, 0.4) is 0 Å². The number of hydrogen-bond acceptors (Lipinski definition) is 6. The zero-order valence-electron chi connectivity index (χ0n) is 19.2. The molecule has 0 bridgehead atoms. The standard InChI is InChI=1S/C23H27N3O6S2/c1-23(2,3)18-12-10-16(11-13-18)22(28)25-14-6-7-17(15-25)21(27)24-26-33(29,30)19-8-4-5-9-20(19)34(26,31)32/h4-5,8-13,17H,6-7,14-15H2,1-3H3,(H,24,27)/t17-/m1/s1. The molecule has 182 valence electrons. The summed E-state index contributed by atoms with van der Waals surface area (Å²) >= 11 is 0. The Bertz CT molecular complexity index is 1290. The highest BCUT2D eigenvalue weighted by atomic mass is 32.3. The number of carbonyl (C=O) groups excluding carboxylic acids is 2. The van der Waals surface area contributed by atoms with Crippen LogP contribution in [0.5, 0.6) is 0 Å². The first-order chi connectivity index (χ1) is 15.8. The number of rotatable bonds is 3. The fraction of sp³-hybridized carbons (Fsp3) is 0.391. The first-order valence-electron chi connectivity index (χ1n) is 10.9. The van der Waals surface area contributed by atoms with Gasteiger partial charge in [-0.05, 0) is 48.1 Å². The lowest BCUT2D eigenvalue weighted by atomic mass is 9.86. The first kappa shape index (κ1) is 24.4. The minimum Gasteiger partial charge on any atom is -0.338 e. The van der Waals surface area contributed by atoms with E-state index in [1.165, 1.54) is 24.3 Å². The van der Waals surface area contributed by atoms with Gasteiger partial charge in [-0.25, -0.2) is 16.8 Å². The third kappa shape index (κ3) is 4.23. The van der Waals surface area contributed by atoms with Crippen molar-refractivity contribution in [1.29, 1.82) is 0 Å². The van der Waals surface area contributed by atoms with Crippen LogP contribution in [-0.2, 0) is 30.3 Å². The molecule has 2 aromatic carbocycles. The molecule has 9 nitrogen and oxygen atoms in total. The molecule has 4 rings (SSSR count). The number of nitrogens with one attached hydrogen (secondary N) is 1. The molecule has 0 aliphatic carbocycles. The van der Waals surface area contributed by atoms with E-state index in [1.54, 1.807) is 17.0 Å². The Labute approximate surface area is 199 Å². The maximum Gasteiger partial charge on any atom is 0.275 e. The highest BCUT2D eigenvalue weighted by Crippen LogP contribution is 2.35. The quantitative estimate of drug-likeness (QED) is 0.683. The molecule has 1 saturated heterocycles. The summed E-state index contributed by atoms with van der Waals surface area (Å²) in [7, 11) is -8.89. The van der Waals surface area contributed by atoms with Gasteiger partial charge in [0.2, 0.25) is 5.91 Å². The van der Waals surface area contributed by atoms with E-state index in [1.807, 2.05) is 12.1 Å². The van der Waals surface area contributed by atoms with E-state index < -0.39 is 31.9 Å². The van der Waals surface area contributed by atoms with Gasteiger partial charge in [0.05, 0.1) is 5.92 Å². The third-order valence-electron chi connectivity index (χ3n) is 6.12. The van der Waals surface area contributed by atoms with Crippen LogP contribution >= 0.6 is 0 Å². The van der Waals surface area contributed by atoms with Crippen LogP contribution in [-0.4, -0.2) is 50.5 Å². The van der Waals surface area contributed by atoms with Gasteiger partial charge in [0.15, 0.2) is 0 Å². The number of benzene rings is 2. The van der Waals surface area contributed by atoms with Gasteiger partial charge in [-0.1, -0.05) is 45.0 Å². The van der Waals surface area contributed by atoms with Gasteiger partial charge in [0.25, 0.3) is 26.0 Å². The van der Waals surface area contributed by atoms with E-state index in [0.29, 0.717) is 24.9 Å². The van der Waals surface area contributed by atoms with Gasteiger partial charge in [-0.15, -0.1) is 0 Å². The lowest BCUT2D eigenvalue weighted by Gasteiger charge is -2.32. The number of piperidine rings is 1. The summed E-state index contributed by atoms with van der Waals surface area (Å²) in [6.07, 6.45) is 0.934. The van der Waals surface area contributed by atoms with Gasteiger partial charge in [0, 0.05) is 22.5 Å². The van der Waals surface area contributed by atoms with Crippen molar-refractivity contribution in [2.24, 2.45) is 5.92 Å². The average molecular weight is 506 g/mol. The number of sulfonamides is 2. The predicted molar refractivity (Wildman–Crippen MR) is 125 cm³/mol. The molecule has 0 spiro atoms. The number of nitrogens with zero attached hydrogens (tertiary/aromatic N) is 2. The molecule has 1 fully saturated rings. The summed E-state index contributed by atoms with van der Waals surface area (Å²) < 4.78 is 51.0. The van der Waals surface area contributed by atoms with Gasteiger partial charge in [0.1, 0.15) is 9.79 Å². The predicted octanol–water partition coefficient (Wildman–Crippen LogP) is 2.26. The molecule has 1 atom stereocenters. The van der Waals surface area contributed by atoms with Gasteiger partial charge in [-0.2, -0.15) is 0 Å². The highest BCUT2D eigenvalue weighted by Gasteiger charge is 2.49. The zero-order chi connectivity index (χ0) is 24.9. The minimum absolute atomic E-state index is 0.0407. The van der Waals surface area contributed by atoms with Crippen LogP contribution < -0.4 is 5.43 Å². The molecular formula is C23H27N3O6S2. The molecule has 11 heteroatoms. The van der Waals surface area contributed by atoms with Crippen LogP contribution in [0.2, 0.25) is 0 Å². The molecule has 1 N–H and O–H groups in total. The fourth-order valence-corrected chi connectivity index (χ4v) is 8.23. The van der Waals surface area contributed by atoms with Gasteiger partial charge < -0.3 is 4.90 Å². The second-order valence-corrected chi connectivity index (χ2v) is 13.3. The van der Waals surface area contributed by atoms with Crippen molar-refractivity contribution in [3.63, 3.8) is 0 Å². The SMILES string of the molecule is CC(C)(C)c1ccc(C(=O)N2CCC[C@@H](C(=O)NN3S(=O)(=O)c4ccccc4S3(=O)=O)C2)cc1. The van der Waals surface area contributed by atoms with E-state index in [0.717, 1.165) is 5.56 Å². The van der Waals surface area contributed by atoms with Crippen molar-refractivity contribution in [3.05, 3.63) is 59.7 Å². The molecule has 0 unspecified atom stereocenters. The van der Waals surface area contributed by atoms with Crippen molar-refractivity contribution in [1.82, 2.24) is 14.1 Å². The zero-order valence-corrected chi connectivity index (χ0v) is 20.8. The van der Waals surface area contributed by atoms with Crippen molar-refractivity contribution < 1.29 is 26.4 Å². The summed E-state index contributed by atoms with van der Waals surface area (Å²) in [6, 6.07) is 12.5. The van der Waals surface area contributed by atoms with Crippen LogP contribution in [0, 0.1) is 5.92 Å². The summed E-state index contributed by atoms with van der Waals surface area (Å²) in [4.78, 5) is 26.7. The maximum absolute atomic E-state index is 13.0. The smallest absolute Gasteiger partial charge is 0.275 e. The van der Waals surface area contributed by atoms with Crippen LogP contribution in [0.1, 0.15) is 49.5 Å². The van der Waals surface area contributed by atoms with E-state index >= 15 is 0 Å². The summed E-state index contributed by atoms with van der Waals surface area (Å²) in [6.45, 7) is 6.76. The van der Waals surface area contributed by atoms with E-state index in [9.17, 15) is 26.4 Å². The number of fused-ring (bicyclic) bond motifs is 1. The van der Waals surface area contributed by atoms with Crippen molar-refractivity contribution in [2.45, 2.75) is 48.8 Å². The minimum atomic E-state index is -4.44. The molecule has 2 aromatic rings. The summed E-state index contributed by atoms with van der Waals surface area (Å²) in [5.41, 5.74) is 3.62. The maximum atomic E-state index is 13.0. The van der Waals surface area contributed by atoms with Crippen molar-refractivity contribution in [2.75, 3.05) is 13.1 Å². The van der Waals surface area contributed by atoms with Crippen molar-refractivity contribution in [3.8, 4) is 0 Å². The molecule has 2 aliphatic rings. The molecule has 34 heavy (non-hydrogen) atoms. The second-order valence-electron chi connectivity index (χ2n) is 9.55. The van der Waals surface area contributed by atoms with Crippen LogP contribution in [0.25, 0.3) is 0 Å². The fourth-order valence-electron chi connectivity index (χ4n) is 4.16. The Morgan fingerprint density at radius 1 is 0.912 bits per heavy atom. The Morgan fingerprint density at radius 3 is 2.00 bits per heavy atom. The third-order valence-corrected chi connectivity index (χ3v) is 10.3. The molecular weight excluding hydrogens is 478 g/mol. The molecule has 2 heterocycles. The molecule has 0 aromatic heterocycles. The largest absolute Gasteiger partial charge is 0.338 e. The van der Waals surface area contributed by atoms with E-state index in [4.69, 9.17) is 0 Å². The van der Waals surface area contributed by atoms with Gasteiger partial charge in [-0.3, -0.25) is 15.0 Å². The topological polar surface area (TPSA) is 121 Å².